The van der Waals surface area contributed by atoms with E-state index in [0.29, 0.717) is 35.6 Å². The van der Waals surface area contributed by atoms with Gasteiger partial charge in [-0.25, -0.2) is 9.67 Å². The molecule has 1 saturated heterocycles. The zero-order valence-corrected chi connectivity index (χ0v) is 26.7. The number of nitrogens with zero attached hydrogens (tertiary/aromatic N) is 6. The molecular formula is C32H30Cl2N8O4. The van der Waals surface area contributed by atoms with Gasteiger partial charge in [-0.05, 0) is 24.3 Å². The molecule has 46 heavy (non-hydrogen) atoms. The second kappa shape index (κ2) is 12.7. The number of aryl methyl sites for hydroxylation is 1. The van der Waals surface area contributed by atoms with Crippen molar-refractivity contribution >= 4 is 51.9 Å². The zero-order valence-electron chi connectivity index (χ0n) is 25.2. The Kier molecular flexibility index (Phi) is 8.57. The molecule has 1 fully saturated rings. The summed E-state index contributed by atoms with van der Waals surface area (Å²) in [6.07, 6.45) is 4.74. The number of nitrogens with one attached hydrogen (secondary N) is 2. The number of carbonyl (C=O) groups is 1. The smallest absolute Gasteiger partial charge is 0.259 e. The van der Waals surface area contributed by atoms with E-state index in [1.165, 1.54) is 24.9 Å². The fraction of sp³-hybridized carbons (Fsp3) is 0.219. The van der Waals surface area contributed by atoms with E-state index in [4.69, 9.17) is 37.8 Å². The van der Waals surface area contributed by atoms with Gasteiger partial charge in [0.25, 0.3) is 5.56 Å². The molecule has 3 aromatic heterocycles. The highest BCUT2D eigenvalue weighted by atomic mass is 35.5. The lowest BCUT2D eigenvalue weighted by Gasteiger charge is -2.20. The standard InChI is InChI=1S/C32H30Cl2N8O4/c1-5-26(43)36-21-16-41(25-11-12-42(39-25)19-9-7-6-8-10-19)17-22(21)37-32-35-15-18-13-20(31(44)40(2)30(18)38-32)27-28(33)23(45-3)14-24(46-4)29(27)34/h5-15,21-22H,1,16-17H2,2-4H3,(H,36,43)(H,35,37,38)/t21-,22+/m0/s1. The summed E-state index contributed by atoms with van der Waals surface area (Å²) in [7, 11) is 4.54. The van der Waals surface area contributed by atoms with Gasteiger partial charge in [0.1, 0.15) is 17.1 Å². The molecule has 0 aliphatic carbocycles. The van der Waals surface area contributed by atoms with E-state index in [9.17, 15) is 9.59 Å². The van der Waals surface area contributed by atoms with Gasteiger partial charge >= 0.3 is 0 Å². The summed E-state index contributed by atoms with van der Waals surface area (Å²) in [6, 6.07) is 14.3. The number of ether oxygens (including phenoxy) is 2. The van der Waals surface area contributed by atoms with Crippen molar-refractivity contribution in [2.75, 3.05) is 37.5 Å². The van der Waals surface area contributed by atoms with Crippen LogP contribution in [-0.2, 0) is 11.8 Å². The van der Waals surface area contributed by atoms with E-state index in [1.807, 2.05) is 42.6 Å². The molecule has 1 aliphatic rings. The first kappa shape index (κ1) is 30.9. The van der Waals surface area contributed by atoms with Gasteiger partial charge in [0.15, 0.2) is 5.82 Å². The van der Waals surface area contributed by atoms with Crippen LogP contribution in [-0.4, -0.2) is 69.6 Å². The summed E-state index contributed by atoms with van der Waals surface area (Å²) in [4.78, 5) is 37.3. The van der Waals surface area contributed by atoms with Gasteiger partial charge < -0.3 is 25.0 Å². The first-order valence-electron chi connectivity index (χ1n) is 14.2. The maximum absolute atomic E-state index is 13.7. The summed E-state index contributed by atoms with van der Waals surface area (Å²) >= 11 is 13.2. The lowest BCUT2D eigenvalue weighted by Crippen LogP contribution is -2.45. The maximum Gasteiger partial charge on any atom is 0.259 e. The van der Waals surface area contributed by atoms with Crippen molar-refractivity contribution in [1.29, 1.82) is 0 Å². The number of halogens is 2. The molecule has 0 radical (unpaired) electrons. The molecule has 4 heterocycles. The highest BCUT2D eigenvalue weighted by Crippen LogP contribution is 2.45. The van der Waals surface area contributed by atoms with Crippen LogP contribution in [0.2, 0.25) is 10.0 Å². The Balaban J connectivity index is 1.31. The summed E-state index contributed by atoms with van der Waals surface area (Å²) < 4.78 is 14.0. The van der Waals surface area contributed by atoms with Gasteiger partial charge in [0, 0.05) is 55.6 Å². The number of anilines is 2. The average molecular weight is 662 g/mol. The SMILES string of the molecule is C=CC(=O)N[C@H]1CN(c2ccn(-c3ccccc3)n2)C[C@H]1Nc1ncc2cc(-c3c(Cl)c(OC)cc(OC)c3Cl)c(=O)n(C)c2n1. The molecule has 6 rings (SSSR count). The third kappa shape index (κ3) is 5.72. The monoisotopic (exact) mass is 660 g/mol. The quantitative estimate of drug-likeness (QED) is 0.220. The second-order valence-electron chi connectivity index (χ2n) is 10.6. The summed E-state index contributed by atoms with van der Waals surface area (Å²) in [5, 5.41) is 12.0. The fourth-order valence-corrected chi connectivity index (χ4v) is 6.22. The molecule has 1 amide bonds. The number of benzene rings is 2. The minimum Gasteiger partial charge on any atom is -0.495 e. The molecule has 1 aliphatic heterocycles. The number of para-hydroxylation sites is 1. The number of hydrogen-bond acceptors (Lipinski definition) is 9. The predicted molar refractivity (Wildman–Crippen MR) is 179 cm³/mol. The first-order valence-corrected chi connectivity index (χ1v) is 15.0. The number of carbonyl (C=O) groups excluding carboxylic acids is 1. The Bertz CT molecular complexity index is 1990. The van der Waals surface area contributed by atoms with Crippen molar-refractivity contribution in [2.45, 2.75) is 12.1 Å². The summed E-state index contributed by atoms with van der Waals surface area (Å²) in [5.41, 5.74) is 1.46. The van der Waals surface area contributed by atoms with Crippen molar-refractivity contribution in [3.05, 3.63) is 94.0 Å². The lowest BCUT2D eigenvalue weighted by atomic mass is 10.0. The van der Waals surface area contributed by atoms with Crippen molar-refractivity contribution < 1.29 is 14.3 Å². The van der Waals surface area contributed by atoms with Crippen molar-refractivity contribution in [3.63, 3.8) is 0 Å². The molecule has 2 N–H and O–H groups in total. The van der Waals surface area contributed by atoms with E-state index in [0.717, 1.165) is 11.5 Å². The van der Waals surface area contributed by atoms with E-state index < -0.39 is 0 Å². The molecule has 0 bridgehead atoms. The number of aromatic nitrogens is 5. The van der Waals surface area contributed by atoms with Crippen LogP contribution in [0.25, 0.3) is 27.8 Å². The third-order valence-electron chi connectivity index (χ3n) is 7.86. The van der Waals surface area contributed by atoms with Gasteiger partial charge in [0.2, 0.25) is 11.9 Å². The van der Waals surface area contributed by atoms with Crippen LogP contribution in [0.15, 0.2) is 78.4 Å². The molecular weight excluding hydrogens is 631 g/mol. The van der Waals surface area contributed by atoms with Crippen LogP contribution < -0.4 is 30.6 Å². The molecule has 236 valence electrons. The Hall–Kier alpha value is -5.07. The number of methoxy groups -OCH3 is 2. The molecule has 0 unspecified atom stereocenters. The largest absolute Gasteiger partial charge is 0.495 e. The fourth-order valence-electron chi connectivity index (χ4n) is 5.52. The number of rotatable bonds is 9. The van der Waals surface area contributed by atoms with Gasteiger partial charge in [-0.15, -0.1) is 0 Å². The molecule has 2 aromatic carbocycles. The number of fused-ring (bicyclic) bond motifs is 1. The molecule has 5 aromatic rings. The molecule has 14 heteroatoms. The third-order valence-corrected chi connectivity index (χ3v) is 8.61. The first-order chi connectivity index (χ1) is 22.2. The van der Waals surface area contributed by atoms with Gasteiger partial charge in [-0.1, -0.05) is 48.0 Å². The van der Waals surface area contributed by atoms with E-state index >= 15 is 0 Å². The van der Waals surface area contributed by atoms with E-state index in [-0.39, 0.29) is 50.7 Å². The summed E-state index contributed by atoms with van der Waals surface area (Å²) in [5.74, 6) is 1.37. The van der Waals surface area contributed by atoms with Crippen molar-refractivity contribution in [2.24, 2.45) is 7.05 Å². The van der Waals surface area contributed by atoms with Crippen LogP contribution in [0.4, 0.5) is 11.8 Å². The number of hydrogen-bond donors (Lipinski definition) is 2. The van der Waals surface area contributed by atoms with Gasteiger partial charge in [-0.3, -0.25) is 14.2 Å². The number of pyridine rings is 1. The minimum atomic E-state index is -0.381. The second-order valence-corrected chi connectivity index (χ2v) is 11.4. The maximum atomic E-state index is 13.7. The van der Waals surface area contributed by atoms with Crippen LogP contribution >= 0.6 is 23.2 Å². The molecule has 0 spiro atoms. The highest BCUT2D eigenvalue weighted by Gasteiger charge is 2.35. The van der Waals surface area contributed by atoms with Crippen LogP contribution in [0.5, 0.6) is 11.5 Å². The zero-order chi connectivity index (χ0) is 32.5. The van der Waals surface area contributed by atoms with E-state index in [1.54, 1.807) is 30.1 Å². The number of amides is 1. The highest BCUT2D eigenvalue weighted by molar-refractivity contribution is 6.41. The van der Waals surface area contributed by atoms with Crippen molar-refractivity contribution in [3.8, 4) is 28.3 Å². The van der Waals surface area contributed by atoms with E-state index in [2.05, 4.69) is 32.1 Å². The topological polar surface area (TPSA) is 128 Å². The normalized spacial score (nSPS) is 16.0. The summed E-state index contributed by atoms with van der Waals surface area (Å²) in [6.45, 7) is 4.58. The van der Waals surface area contributed by atoms with Gasteiger partial charge in [-0.2, -0.15) is 10.1 Å². The Labute approximate surface area is 274 Å². The minimum absolute atomic E-state index is 0.177. The molecule has 2 atom stereocenters. The Morgan fingerprint density at radius 3 is 2.41 bits per heavy atom. The predicted octanol–water partition coefficient (Wildman–Crippen LogP) is 4.48. The molecule has 12 nitrogen and oxygen atoms in total. The molecule has 0 saturated carbocycles. The Morgan fingerprint density at radius 2 is 1.74 bits per heavy atom. The van der Waals surface area contributed by atoms with Gasteiger partial charge in [0.05, 0.1) is 47.6 Å². The van der Waals surface area contributed by atoms with Crippen molar-refractivity contribution in [1.82, 2.24) is 29.6 Å². The van der Waals surface area contributed by atoms with Crippen LogP contribution in [0.1, 0.15) is 0 Å². The Morgan fingerprint density at radius 1 is 1.04 bits per heavy atom. The van der Waals surface area contributed by atoms with Crippen LogP contribution in [0.3, 0.4) is 0 Å². The van der Waals surface area contributed by atoms with Crippen LogP contribution in [0, 0.1) is 0 Å². The average Bonchev–Trinajstić information content (AvgIpc) is 3.72. The lowest BCUT2D eigenvalue weighted by molar-refractivity contribution is -0.117.